The number of amides is 1. The summed E-state index contributed by atoms with van der Waals surface area (Å²) in [5.74, 6) is -1.31. The number of anilines is 1. The van der Waals surface area contributed by atoms with Crippen molar-refractivity contribution >= 4 is 63.8 Å². The molecule has 0 saturated carbocycles. The quantitative estimate of drug-likeness (QED) is 0.131. The molecule has 2 aromatic heterocycles. The van der Waals surface area contributed by atoms with Crippen LogP contribution in [0, 0.1) is 5.82 Å². The van der Waals surface area contributed by atoms with Crippen LogP contribution in [0.4, 0.5) is 10.1 Å². The minimum absolute atomic E-state index is 0.192. The summed E-state index contributed by atoms with van der Waals surface area (Å²) in [5, 5.41) is 4.81. The van der Waals surface area contributed by atoms with Gasteiger partial charge in [-0.15, -0.1) is 0 Å². The molecule has 1 amide bonds. The third-order valence-corrected chi connectivity index (χ3v) is 6.45. The van der Waals surface area contributed by atoms with E-state index >= 15 is 0 Å². The van der Waals surface area contributed by atoms with E-state index in [9.17, 15) is 14.0 Å². The average molecular weight is 567 g/mol. The molecule has 0 aliphatic carbocycles. The molecule has 0 radical (unpaired) electrons. The number of nitrogens with zero attached hydrogens (tertiary/aromatic N) is 3. The Morgan fingerprint density at radius 2 is 1.72 bits per heavy atom. The van der Waals surface area contributed by atoms with Gasteiger partial charge in [0.25, 0.3) is 0 Å². The van der Waals surface area contributed by atoms with Crippen molar-refractivity contribution in [3.63, 3.8) is 0 Å². The van der Waals surface area contributed by atoms with Crippen molar-refractivity contribution in [1.82, 2.24) is 10.1 Å². The van der Waals surface area contributed by atoms with Crippen LogP contribution in [0.3, 0.4) is 0 Å². The fraction of sp³-hybridized carbons (Fsp3) is 0.120. The van der Waals surface area contributed by atoms with Crippen LogP contribution in [-0.2, 0) is 4.79 Å². The minimum Gasteiger partial charge on any atom is -0.356 e. The van der Waals surface area contributed by atoms with E-state index in [1.165, 1.54) is 37.5 Å². The molecule has 2 aromatic carbocycles. The molecule has 184 valence electrons. The molecule has 0 aliphatic rings. The van der Waals surface area contributed by atoms with Gasteiger partial charge in [-0.1, -0.05) is 57.6 Å². The highest BCUT2D eigenvalue weighted by Gasteiger charge is 2.39. The number of benzene rings is 2. The van der Waals surface area contributed by atoms with Crippen LogP contribution in [0.25, 0.3) is 22.6 Å². The summed E-state index contributed by atoms with van der Waals surface area (Å²) in [6.07, 6.45) is 2.40. The number of rotatable bonds is 7. The van der Waals surface area contributed by atoms with Crippen LogP contribution in [0.2, 0.25) is 10.0 Å². The molecular weight excluding hydrogens is 551 g/mol. The van der Waals surface area contributed by atoms with Gasteiger partial charge < -0.3 is 4.52 Å². The molecule has 11 heteroatoms. The molecule has 0 atom stereocenters. The van der Waals surface area contributed by atoms with E-state index in [4.69, 9.17) is 50.9 Å². The van der Waals surface area contributed by atoms with Gasteiger partial charge in [-0.2, -0.15) is 0 Å². The Morgan fingerprint density at radius 1 is 1.06 bits per heavy atom. The Kier molecular flexibility index (Phi) is 7.66. The normalized spacial score (nSPS) is 11.4. The molecule has 0 aliphatic heterocycles. The zero-order valence-corrected chi connectivity index (χ0v) is 21.5. The highest BCUT2D eigenvalue weighted by molar-refractivity contribution is 6.52. The third-order valence-electron chi connectivity index (χ3n) is 5.21. The number of hydrogen-bond donors (Lipinski definition) is 0. The Bertz CT molecular complexity index is 1420. The molecule has 4 aromatic rings. The molecule has 6 nitrogen and oxygen atoms in total. The second-order valence-corrected chi connectivity index (χ2v) is 9.95. The maximum atomic E-state index is 13.3. The zero-order valence-electron chi connectivity index (χ0n) is 18.5. The molecule has 0 bridgehead atoms. The molecule has 0 unspecified atom stereocenters. The smallest absolute Gasteiger partial charge is 0.226 e. The maximum absolute atomic E-state index is 13.3. The maximum Gasteiger partial charge on any atom is 0.226 e. The van der Waals surface area contributed by atoms with Crippen LogP contribution in [0.15, 0.2) is 71.5 Å². The fourth-order valence-corrected chi connectivity index (χ4v) is 4.87. The number of carbonyl (C=O) groups excluding carboxylic acids is 2. The highest BCUT2D eigenvalue weighted by Crippen LogP contribution is 2.42. The number of ketones is 1. The van der Waals surface area contributed by atoms with Gasteiger partial charge >= 0.3 is 0 Å². The summed E-state index contributed by atoms with van der Waals surface area (Å²) in [7, 11) is 0. The molecule has 36 heavy (non-hydrogen) atoms. The summed E-state index contributed by atoms with van der Waals surface area (Å²) in [6.45, 7) is 1.25. The van der Waals surface area contributed by atoms with E-state index < -0.39 is 28.4 Å². The summed E-state index contributed by atoms with van der Waals surface area (Å²) in [6, 6.07) is 13.0. The van der Waals surface area contributed by atoms with Crippen molar-refractivity contribution in [2.24, 2.45) is 0 Å². The van der Waals surface area contributed by atoms with Crippen LogP contribution in [-0.4, -0.2) is 26.3 Å². The van der Waals surface area contributed by atoms with Gasteiger partial charge in [-0.3, -0.25) is 19.5 Å². The van der Waals surface area contributed by atoms with Crippen LogP contribution in [0.5, 0.6) is 0 Å². The topological polar surface area (TPSA) is 76.3 Å². The molecular formula is C25H16Cl4FN3O3. The number of aromatic nitrogens is 2. The Labute approximate surface area is 225 Å². The van der Waals surface area contributed by atoms with Gasteiger partial charge in [0.2, 0.25) is 10.4 Å². The molecule has 4 rings (SSSR count). The lowest BCUT2D eigenvalue weighted by Crippen LogP contribution is -2.45. The molecule has 0 N–H and O–H groups in total. The van der Waals surface area contributed by atoms with E-state index in [1.54, 1.807) is 24.3 Å². The van der Waals surface area contributed by atoms with Crippen LogP contribution in [0.1, 0.15) is 23.7 Å². The zero-order chi connectivity index (χ0) is 26.0. The summed E-state index contributed by atoms with van der Waals surface area (Å²) in [4.78, 5) is 30.7. The Balaban J connectivity index is 1.72. The van der Waals surface area contributed by atoms with Gasteiger partial charge in [-0.05, 0) is 42.5 Å². The predicted molar refractivity (Wildman–Crippen MR) is 138 cm³/mol. The summed E-state index contributed by atoms with van der Waals surface area (Å²) in [5.41, 5.74) is 1.58. The van der Waals surface area contributed by atoms with Gasteiger partial charge in [0.15, 0.2) is 11.5 Å². The summed E-state index contributed by atoms with van der Waals surface area (Å²) < 4.78 is 16.8. The first kappa shape index (κ1) is 26.1. The van der Waals surface area contributed by atoms with Crippen LogP contribution >= 0.6 is 46.4 Å². The van der Waals surface area contributed by atoms with Crippen molar-refractivity contribution in [3.8, 4) is 22.6 Å². The molecule has 0 spiro atoms. The minimum atomic E-state index is -2.00. The second-order valence-electron chi connectivity index (χ2n) is 7.69. The Morgan fingerprint density at radius 3 is 2.36 bits per heavy atom. The first-order valence-electron chi connectivity index (χ1n) is 10.4. The van der Waals surface area contributed by atoms with Gasteiger partial charge in [0.05, 0.1) is 27.7 Å². The number of hydrogen-bond acceptors (Lipinski definition) is 5. The number of Topliss-reactive ketones (excluding diaryl/α,β-unsaturated/α-hetero) is 1. The SMILES string of the molecule is CC(=O)N(c1ccncc1-c1cc(-c2c(Cl)cccc2Cl)no1)C(Cl)(Cl)CC(=O)c1ccc(F)cc1. The third kappa shape index (κ3) is 5.39. The Hall–Kier alpha value is -2.97. The number of pyridine rings is 1. The number of halogens is 5. The first-order valence-corrected chi connectivity index (χ1v) is 11.9. The standard InChI is InChI=1S/C25H16Cl4FN3O3/c1-14(34)33(25(28,29)12-22(35)15-5-7-16(30)8-6-15)21-9-10-31-13-17(21)23-11-20(32-36-23)24-18(26)3-2-4-19(24)27/h2-11,13H,12H2,1H3. The monoisotopic (exact) mass is 565 g/mol. The van der Waals surface area contributed by atoms with Crippen molar-refractivity contribution in [3.05, 3.63) is 88.4 Å². The van der Waals surface area contributed by atoms with E-state index in [-0.39, 0.29) is 17.0 Å². The lowest BCUT2D eigenvalue weighted by molar-refractivity contribution is -0.116. The average Bonchev–Trinajstić information content (AvgIpc) is 3.28. The van der Waals surface area contributed by atoms with E-state index in [1.807, 2.05) is 0 Å². The number of carbonyl (C=O) groups is 2. The molecule has 2 heterocycles. The van der Waals surface area contributed by atoms with E-state index in [0.717, 1.165) is 17.0 Å². The largest absolute Gasteiger partial charge is 0.356 e. The first-order chi connectivity index (χ1) is 17.1. The van der Waals surface area contributed by atoms with Crippen molar-refractivity contribution in [2.45, 2.75) is 17.8 Å². The van der Waals surface area contributed by atoms with Crippen molar-refractivity contribution in [1.29, 1.82) is 0 Å². The number of alkyl halides is 2. The van der Waals surface area contributed by atoms with Crippen molar-refractivity contribution < 1.29 is 18.5 Å². The highest BCUT2D eigenvalue weighted by atomic mass is 35.5. The summed E-state index contributed by atoms with van der Waals surface area (Å²) >= 11 is 25.8. The van der Waals surface area contributed by atoms with Crippen LogP contribution < -0.4 is 4.90 Å². The lowest BCUT2D eigenvalue weighted by atomic mass is 10.1. The lowest BCUT2D eigenvalue weighted by Gasteiger charge is -2.34. The van der Waals surface area contributed by atoms with E-state index in [0.29, 0.717) is 26.9 Å². The predicted octanol–water partition coefficient (Wildman–Crippen LogP) is 7.61. The molecule has 0 saturated heterocycles. The van der Waals surface area contributed by atoms with Gasteiger partial charge in [0, 0.05) is 36.5 Å². The van der Waals surface area contributed by atoms with Gasteiger partial charge in [0.1, 0.15) is 11.5 Å². The van der Waals surface area contributed by atoms with Crippen molar-refractivity contribution in [2.75, 3.05) is 4.90 Å². The second kappa shape index (κ2) is 10.6. The fourth-order valence-electron chi connectivity index (χ4n) is 3.62. The van der Waals surface area contributed by atoms with E-state index in [2.05, 4.69) is 10.1 Å². The van der Waals surface area contributed by atoms with Gasteiger partial charge in [-0.25, -0.2) is 4.39 Å². The molecule has 0 fully saturated rings.